The summed E-state index contributed by atoms with van der Waals surface area (Å²) in [6, 6.07) is 0.151. The molecular formula is C19H27NO2. The van der Waals surface area contributed by atoms with Crippen molar-refractivity contribution in [1.82, 2.24) is 0 Å². The van der Waals surface area contributed by atoms with E-state index >= 15 is 0 Å². The Balaban J connectivity index is 1.74. The van der Waals surface area contributed by atoms with Crippen molar-refractivity contribution in [3.8, 4) is 0 Å². The molecule has 2 N–H and O–H groups in total. The average Bonchev–Trinajstić information content (AvgIpc) is 2.77. The molecule has 0 spiro atoms. The van der Waals surface area contributed by atoms with Crippen molar-refractivity contribution < 1.29 is 9.59 Å². The average molecular weight is 301 g/mol. The molecule has 4 rings (SSSR count). The van der Waals surface area contributed by atoms with Crippen LogP contribution in [0.5, 0.6) is 0 Å². The zero-order valence-corrected chi connectivity index (χ0v) is 13.7. The Kier molecular flexibility index (Phi) is 3.01. The Bertz CT molecular complexity index is 568. The minimum absolute atomic E-state index is 0.0986. The summed E-state index contributed by atoms with van der Waals surface area (Å²) >= 11 is 0. The normalized spacial score (nSPS) is 53.9. The highest BCUT2D eigenvalue weighted by molar-refractivity contribution is 5.91. The van der Waals surface area contributed by atoms with Gasteiger partial charge in [-0.3, -0.25) is 9.59 Å². The molecular weight excluding hydrogens is 274 g/mol. The Labute approximate surface area is 132 Å². The van der Waals surface area contributed by atoms with E-state index in [0.717, 1.165) is 32.1 Å². The summed E-state index contributed by atoms with van der Waals surface area (Å²) in [7, 11) is 0. The molecule has 0 aromatic carbocycles. The third-order valence-corrected chi connectivity index (χ3v) is 7.85. The number of ketones is 2. The fourth-order valence-corrected chi connectivity index (χ4v) is 6.48. The number of hydrogen-bond donors (Lipinski definition) is 1. The van der Waals surface area contributed by atoms with E-state index in [1.54, 1.807) is 6.08 Å². The second-order valence-electron chi connectivity index (χ2n) is 8.67. The first-order valence-electron chi connectivity index (χ1n) is 8.87. The van der Waals surface area contributed by atoms with Gasteiger partial charge in [-0.15, -0.1) is 0 Å². The summed E-state index contributed by atoms with van der Waals surface area (Å²) in [5.41, 5.74) is 6.58. The van der Waals surface area contributed by atoms with Crippen molar-refractivity contribution in [2.45, 2.75) is 58.4 Å². The van der Waals surface area contributed by atoms with Gasteiger partial charge in [-0.05, 0) is 60.8 Å². The third kappa shape index (κ3) is 1.72. The lowest BCUT2D eigenvalue weighted by atomic mass is 9.45. The number of hydrogen-bond acceptors (Lipinski definition) is 3. The minimum Gasteiger partial charge on any atom is -0.327 e. The Morgan fingerprint density at radius 3 is 2.73 bits per heavy atom. The first-order chi connectivity index (χ1) is 10.4. The molecule has 3 nitrogen and oxygen atoms in total. The summed E-state index contributed by atoms with van der Waals surface area (Å²) in [6.45, 7) is 4.52. The summed E-state index contributed by atoms with van der Waals surface area (Å²) in [4.78, 5) is 24.2. The molecule has 0 aromatic heterocycles. The number of allylic oxidation sites excluding steroid dienone is 2. The summed E-state index contributed by atoms with van der Waals surface area (Å²) < 4.78 is 0. The maximum atomic E-state index is 12.4. The van der Waals surface area contributed by atoms with Crippen molar-refractivity contribution in [1.29, 1.82) is 0 Å². The molecule has 4 aliphatic carbocycles. The van der Waals surface area contributed by atoms with Crippen LogP contribution in [0.15, 0.2) is 12.2 Å². The molecule has 0 saturated heterocycles. The van der Waals surface area contributed by atoms with E-state index in [9.17, 15) is 9.59 Å². The second-order valence-corrected chi connectivity index (χ2v) is 8.67. The maximum Gasteiger partial charge on any atom is 0.155 e. The quantitative estimate of drug-likeness (QED) is 0.748. The van der Waals surface area contributed by atoms with Gasteiger partial charge >= 0.3 is 0 Å². The Morgan fingerprint density at radius 2 is 1.95 bits per heavy atom. The van der Waals surface area contributed by atoms with Gasteiger partial charge in [0.05, 0.1) is 0 Å². The van der Waals surface area contributed by atoms with Crippen molar-refractivity contribution in [2.75, 3.05) is 0 Å². The summed E-state index contributed by atoms with van der Waals surface area (Å²) in [5, 5.41) is 0. The smallest absolute Gasteiger partial charge is 0.155 e. The van der Waals surface area contributed by atoms with Gasteiger partial charge < -0.3 is 5.73 Å². The second kappa shape index (κ2) is 4.53. The van der Waals surface area contributed by atoms with Crippen LogP contribution in [-0.2, 0) is 9.59 Å². The van der Waals surface area contributed by atoms with Crippen molar-refractivity contribution in [3.05, 3.63) is 12.2 Å². The molecule has 120 valence electrons. The molecule has 0 amide bonds. The van der Waals surface area contributed by atoms with E-state index in [0.29, 0.717) is 35.9 Å². The highest BCUT2D eigenvalue weighted by Crippen LogP contribution is 2.63. The van der Waals surface area contributed by atoms with E-state index in [4.69, 9.17) is 5.73 Å². The molecule has 3 saturated carbocycles. The minimum atomic E-state index is -0.129. The molecule has 0 aromatic rings. The van der Waals surface area contributed by atoms with E-state index < -0.39 is 0 Å². The van der Waals surface area contributed by atoms with E-state index in [-0.39, 0.29) is 22.7 Å². The van der Waals surface area contributed by atoms with Gasteiger partial charge in [0.25, 0.3) is 0 Å². The van der Waals surface area contributed by atoms with Gasteiger partial charge in [-0.25, -0.2) is 0 Å². The molecule has 3 fully saturated rings. The molecule has 0 radical (unpaired) electrons. The number of carbonyl (C=O) groups is 2. The molecule has 2 unspecified atom stereocenters. The van der Waals surface area contributed by atoms with Crippen LogP contribution in [0, 0.1) is 34.5 Å². The maximum absolute atomic E-state index is 12.4. The van der Waals surface area contributed by atoms with Crippen LogP contribution >= 0.6 is 0 Å². The van der Waals surface area contributed by atoms with E-state index in [1.165, 1.54) is 0 Å². The summed E-state index contributed by atoms with van der Waals surface area (Å²) in [6.07, 6.45) is 9.44. The molecule has 0 heterocycles. The predicted octanol–water partition coefficient (Wildman–Crippen LogP) is 2.88. The van der Waals surface area contributed by atoms with Gasteiger partial charge in [0, 0.05) is 24.3 Å². The van der Waals surface area contributed by atoms with Gasteiger partial charge in [-0.1, -0.05) is 19.9 Å². The van der Waals surface area contributed by atoms with Crippen molar-refractivity contribution in [3.63, 3.8) is 0 Å². The largest absolute Gasteiger partial charge is 0.327 e. The number of Topliss-reactive ketones (excluding diaryl/α,β-unsaturated/α-hetero) is 1. The van der Waals surface area contributed by atoms with Gasteiger partial charge in [0.2, 0.25) is 0 Å². The third-order valence-electron chi connectivity index (χ3n) is 7.85. The Hall–Kier alpha value is -0.960. The van der Waals surface area contributed by atoms with Crippen molar-refractivity contribution >= 4 is 11.6 Å². The number of nitrogens with two attached hydrogens (primary N) is 1. The first kappa shape index (κ1) is 14.6. The SMILES string of the molecule is C[C@]12C=CC(=O)CC1CC(N)[C@@H]1[C@H]2CC[C@]2(C)C(=O)CC[C@@H]12. The number of rotatable bonds is 0. The Morgan fingerprint density at radius 1 is 1.18 bits per heavy atom. The zero-order valence-electron chi connectivity index (χ0n) is 13.7. The lowest BCUT2D eigenvalue weighted by Crippen LogP contribution is -2.59. The van der Waals surface area contributed by atoms with Gasteiger partial charge in [-0.2, -0.15) is 0 Å². The van der Waals surface area contributed by atoms with Crippen LogP contribution in [0.4, 0.5) is 0 Å². The topological polar surface area (TPSA) is 60.2 Å². The molecule has 7 atom stereocenters. The molecule has 0 bridgehead atoms. The van der Waals surface area contributed by atoms with Crippen LogP contribution in [0.25, 0.3) is 0 Å². The highest BCUT2D eigenvalue weighted by Gasteiger charge is 2.61. The van der Waals surface area contributed by atoms with Crippen molar-refractivity contribution in [2.24, 2.45) is 40.2 Å². The molecule has 4 aliphatic rings. The molecule has 0 aliphatic heterocycles. The highest BCUT2D eigenvalue weighted by atomic mass is 16.1. The monoisotopic (exact) mass is 301 g/mol. The van der Waals surface area contributed by atoms with Crippen LogP contribution in [0.1, 0.15) is 52.4 Å². The van der Waals surface area contributed by atoms with Crippen LogP contribution in [0.2, 0.25) is 0 Å². The standard InChI is InChI=1S/C19H27NO2/c1-18-7-5-12(21)9-11(18)10-15(20)17-13-3-4-16(22)19(13,2)8-6-14(17)18/h5,7,11,13-15,17H,3-4,6,8-10,20H2,1-2H3/t11?,13-,14+,15?,17-,18-,19-/m0/s1. The van der Waals surface area contributed by atoms with E-state index in [1.807, 2.05) is 0 Å². The van der Waals surface area contributed by atoms with Crippen LogP contribution in [-0.4, -0.2) is 17.6 Å². The number of carbonyl (C=O) groups excluding carboxylic acids is 2. The van der Waals surface area contributed by atoms with Gasteiger partial charge in [0.15, 0.2) is 5.78 Å². The van der Waals surface area contributed by atoms with Crippen LogP contribution in [0.3, 0.4) is 0 Å². The fraction of sp³-hybridized carbons (Fsp3) is 0.789. The van der Waals surface area contributed by atoms with E-state index in [2.05, 4.69) is 19.9 Å². The summed E-state index contributed by atoms with van der Waals surface area (Å²) in [5.74, 6) is 2.55. The fourth-order valence-electron chi connectivity index (χ4n) is 6.48. The van der Waals surface area contributed by atoms with Crippen LogP contribution < -0.4 is 5.73 Å². The molecule has 3 heteroatoms. The first-order valence-corrected chi connectivity index (χ1v) is 8.87. The lowest BCUT2D eigenvalue weighted by molar-refractivity contribution is -0.136. The zero-order chi connectivity index (χ0) is 15.7. The van der Waals surface area contributed by atoms with Gasteiger partial charge in [0.1, 0.15) is 5.78 Å². The predicted molar refractivity (Wildman–Crippen MR) is 85.0 cm³/mol. The molecule has 22 heavy (non-hydrogen) atoms. The number of fused-ring (bicyclic) bond motifs is 5. The lowest BCUT2D eigenvalue weighted by Gasteiger charge is -2.59.